The van der Waals surface area contributed by atoms with Crippen molar-refractivity contribution in [1.29, 1.82) is 5.26 Å². The van der Waals surface area contributed by atoms with Gasteiger partial charge < -0.3 is 9.80 Å². The number of aromatic nitrogens is 2. The monoisotopic (exact) mass is 567 g/mol. The van der Waals surface area contributed by atoms with Gasteiger partial charge in [-0.2, -0.15) is 36.7 Å². The molecular weight excluding hydrogens is 544 g/mol. The number of rotatable bonds is 6. The Hall–Kier alpha value is -3.63. The zero-order valence-corrected chi connectivity index (χ0v) is 21.7. The van der Waals surface area contributed by atoms with Gasteiger partial charge in [-0.15, -0.1) is 11.3 Å². The standard InChI is InChI=1S/C26H23F6N5OS/c1-35(2)9-5-8-23(38)36-12-20(19-10-16(11-33)39-22(19)14-36)17-6-3-4-7-18(17)21-13-37(15-25(27,28)29)34-24(21)26(30,31)32/h3-8,10,13,20H,9,12,14-15H2,1-2H3/b8-5+. The topological polar surface area (TPSA) is 65.2 Å². The van der Waals surface area contributed by atoms with E-state index in [2.05, 4.69) is 11.2 Å². The van der Waals surface area contributed by atoms with E-state index in [1.165, 1.54) is 29.5 Å². The summed E-state index contributed by atoms with van der Waals surface area (Å²) in [5.74, 6) is -0.924. The molecule has 0 aliphatic carbocycles. The summed E-state index contributed by atoms with van der Waals surface area (Å²) in [6.45, 7) is -0.822. The number of likely N-dealkylation sites (N-methyl/N-ethyl adjacent to an activating group) is 1. The van der Waals surface area contributed by atoms with Crippen molar-refractivity contribution in [3.8, 4) is 17.2 Å². The van der Waals surface area contributed by atoms with E-state index in [1.54, 1.807) is 29.2 Å². The molecule has 4 rings (SSSR count). The fourth-order valence-electron chi connectivity index (χ4n) is 4.52. The molecule has 1 aliphatic heterocycles. The molecular formula is C26H23F6N5OS. The van der Waals surface area contributed by atoms with E-state index in [-0.39, 0.29) is 29.2 Å². The van der Waals surface area contributed by atoms with E-state index in [9.17, 15) is 36.4 Å². The lowest BCUT2D eigenvalue weighted by Gasteiger charge is -2.33. The number of hydrogen-bond acceptors (Lipinski definition) is 5. The summed E-state index contributed by atoms with van der Waals surface area (Å²) in [4.78, 5) is 17.5. The third-order valence-corrected chi connectivity index (χ3v) is 7.15. The van der Waals surface area contributed by atoms with Crippen LogP contribution in [0.5, 0.6) is 0 Å². The molecule has 0 radical (unpaired) electrons. The minimum Gasteiger partial charge on any atom is -0.333 e. The molecule has 1 aliphatic rings. The summed E-state index contributed by atoms with van der Waals surface area (Å²) >= 11 is 1.19. The number of hydrogen-bond donors (Lipinski definition) is 0. The van der Waals surface area contributed by atoms with Gasteiger partial charge in [0.25, 0.3) is 0 Å². The average molecular weight is 568 g/mol. The van der Waals surface area contributed by atoms with Crippen LogP contribution in [0.4, 0.5) is 26.3 Å². The van der Waals surface area contributed by atoms with Crippen molar-refractivity contribution in [2.45, 2.75) is 31.4 Å². The fraction of sp³-hybridized carbons (Fsp3) is 0.346. The number of carbonyl (C=O) groups is 1. The van der Waals surface area contributed by atoms with Crippen molar-refractivity contribution in [2.75, 3.05) is 27.2 Å². The molecule has 0 fully saturated rings. The summed E-state index contributed by atoms with van der Waals surface area (Å²) in [7, 11) is 3.69. The summed E-state index contributed by atoms with van der Waals surface area (Å²) in [6, 6.07) is 9.82. The molecule has 0 saturated carbocycles. The molecule has 0 saturated heterocycles. The molecule has 1 atom stereocenters. The van der Waals surface area contributed by atoms with Gasteiger partial charge in [0.2, 0.25) is 5.91 Å². The lowest BCUT2D eigenvalue weighted by molar-refractivity contribution is -0.148. The van der Waals surface area contributed by atoms with E-state index in [0.717, 1.165) is 11.1 Å². The minimum absolute atomic E-state index is 0.0522. The molecule has 39 heavy (non-hydrogen) atoms. The number of carbonyl (C=O) groups excluding carboxylic acids is 1. The van der Waals surface area contributed by atoms with E-state index in [1.807, 2.05) is 19.0 Å². The predicted octanol–water partition coefficient (Wildman–Crippen LogP) is 5.66. The van der Waals surface area contributed by atoms with Crippen LogP contribution in [0.15, 0.2) is 48.7 Å². The Balaban J connectivity index is 1.82. The minimum atomic E-state index is -5.01. The zero-order chi connectivity index (χ0) is 28.5. The smallest absolute Gasteiger partial charge is 0.333 e. The largest absolute Gasteiger partial charge is 0.435 e. The van der Waals surface area contributed by atoms with Crippen molar-refractivity contribution >= 4 is 17.2 Å². The second kappa shape index (κ2) is 10.9. The van der Waals surface area contributed by atoms with Crippen LogP contribution < -0.4 is 0 Å². The number of amides is 1. The molecule has 3 aromatic rings. The Kier molecular flexibility index (Phi) is 7.90. The van der Waals surface area contributed by atoms with Crippen molar-refractivity contribution < 1.29 is 31.1 Å². The Bertz CT molecular complexity index is 1430. The van der Waals surface area contributed by atoms with Gasteiger partial charge in [-0.3, -0.25) is 9.48 Å². The molecule has 0 spiro atoms. The normalized spacial score (nSPS) is 16.1. The lowest BCUT2D eigenvalue weighted by Crippen LogP contribution is -2.37. The highest BCUT2D eigenvalue weighted by atomic mass is 32.1. The van der Waals surface area contributed by atoms with Crippen LogP contribution in [0, 0.1) is 11.3 Å². The summed E-state index contributed by atoms with van der Waals surface area (Å²) in [5, 5.41) is 12.7. The van der Waals surface area contributed by atoms with Crippen LogP contribution in [0.3, 0.4) is 0 Å². The third kappa shape index (κ3) is 6.51. The van der Waals surface area contributed by atoms with Crippen LogP contribution in [0.25, 0.3) is 11.1 Å². The predicted molar refractivity (Wildman–Crippen MR) is 133 cm³/mol. The molecule has 2 aromatic heterocycles. The number of alkyl halides is 6. The van der Waals surface area contributed by atoms with Crippen molar-refractivity contribution in [2.24, 2.45) is 0 Å². The Morgan fingerprint density at radius 3 is 2.54 bits per heavy atom. The zero-order valence-electron chi connectivity index (χ0n) is 20.8. The second-order valence-electron chi connectivity index (χ2n) is 9.33. The third-order valence-electron chi connectivity index (χ3n) is 6.11. The summed E-state index contributed by atoms with van der Waals surface area (Å²) in [6.07, 6.45) is -5.90. The second-order valence-corrected chi connectivity index (χ2v) is 10.5. The molecule has 13 heteroatoms. The number of fused-ring (bicyclic) bond motifs is 1. The maximum Gasteiger partial charge on any atom is 0.435 e. The van der Waals surface area contributed by atoms with Gasteiger partial charge in [0.05, 0.1) is 6.54 Å². The number of nitriles is 1. The van der Waals surface area contributed by atoms with E-state index < -0.39 is 36.1 Å². The van der Waals surface area contributed by atoms with E-state index in [4.69, 9.17) is 0 Å². The van der Waals surface area contributed by atoms with Gasteiger partial charge in [0.1, 0.15) is 17.5 Å². The molecule has 1 unspecified atom stereocenters. The van der Waals surface area contributed by atoms with Gasteiger partial charge in [-0.25, -0.2) is 0 Å². The van der Waals surface area contributed by atoms with Gasteiger partial charge in [0, 0.05) is 41.7 Å². The first-order valence-electron chi connectivity index (χ1n) is 11.7. The van der Waals surface area contributed by atoms with Crippen LogP contribution >= 0.6 is 11.3 Å². The molecule has 0 bridgehead atoms. The molecule has 1 amide bonds. The summed E-state index contributed by atoms with van der Waals surface area (Å²) in [5.41, 5.74) is -0.794. The fourth-order valence-corrected chi connectivity index (χ4v) is 5.55. The molecule has 1 aromatic carbocycles. The highest BCUT2D eigenvalue weighted by Gasteiger charge is 2.40. The van der Waals surface area contributed by atoms with Crippen molar-refractivity contribution in [3.05, 3.63) is 75.3 Å². The molecule has 0 N–H and O–H groups in total. The highest BCUT2D eigenvalue weighted by molar-refractivity contribution is 7.12. The van der Waals surface area contributed by atoms with Crippen molar-refractivity contribution in [3.63, 3.8) is 0 Å². The quantitative estimate of drug-likeness (QED) is 0.285. The Morgan fingerprint density at radius 1 is 1.18 bits per heavy atom. The average Bonchev–Trinajstić information content (AvgIpc) is 3.46. The van der Waals surface area contributed by atoms with Crippen LogP contribution in [-0.4, -0.2) is 58.8 Å². The first kappa shape index (κ1) is 28.4. The maximum absolute atomic E-state index is 13.9. The van der Waals surface area contributed by atoms with E-state index in [0.29, 0.717) is 22.5 Å². The van der Waals surface area contributed by atoms with Gasteiger partial charge in [-0.05, 0) is 36.9 Å². The number of benzene rings is 1. The first-order chi connectivity index (χ1) is 18.3. The van der Waals surface area contributed by atoms with Crippen LogP contribution in [0.2, 0.25) is 0 Å². The van der Waals surface area contributed by atoms with Crippen molar-refractivity contribution in [1.82, 2.24) is 19.6 Å². The van der Waals surface area contributed by atoms with Crippen LogP contribution in [0.1, 0.15) is 32.5 Å². The van der Waals surface area contributed by atoms with E-state index >= 15 is 0 Å². The van der Waals surface area contributed by atoms with Crippen LogP contribution in [-0.2, 0) is 24.1 Å². The summed E-state index contributed by atoms with van der Waals surface area (Å²) < 4.78 is 81.0. The maximum atomic E-state index is 13.9. The van der Waals surface area contributed by atoms with Gasteiger partial charge in [0.15, 0.2) is 5.69 Å². The van der Waals surface area contributed by atoms with Gasteiger partial charge >= 0.3 is 12.4 Å². The lowest BCUT2D eigenvalue weighted by atomic mass is 9.83. The van der Waals surface area contributed by atoms with Gasteiger partial charge in [-0.1, -0.05) is 30.3 Å². The Labute approximate surface area is 224 Å². The number of halogens is 6. The molecule has 206 valence electrons. The molecule has 6 nitrogen and oxygen atoms in total. The highest BCUT2D eigenvalue weighted by Crippen LogP contribution is 2.44. The number of thiophene rings is 1. The Morgan fingerprint density at radius 2 is 1.90 bits per heavy atom. The molecule has 3 heterocycles. The SMILES string of the molecule is CN(C)C/C=C/C(=O)N1Cc2sc(C#N)cc2C(c2ccccc2-c2cn(CC(F)(F)F)nc2C(F)(F)F)C1. The number of nitrogens with zero attached hydrogens (tertiary/aromatic N) is 5. The first-order valence-corrected chi connectivity index (χ1v) is 12.5.